The van der Waals surface area contributed by atoms with E-state index in [0.29, 0.717) is 19.0 Å². The molecule has 0 atom stereocenters. The van der Waals surface area contributed by atoms with E-state index in [0.717, 1.165) is 22.4 Å². The molecule has 4 heterocycles. The summed E-state index contributed by atoms with van der Waals surface area (Å²) in [5.74, 6) is 0.567. The minimum Gasteiger partial charge on any atom is -0.353 e. The van der Waals surface area contributed by atoms with Crippen molar-refractivity contribution in [1.29, 1.82) is 0 Å². The Bertz CT molecular complexity index is 851. The normalized spacial score (nSPS) is 14.5. The number of carbonyl (C=O) groups excluding carboxylic acids is 1. The van der Waals surface area contributed by atoms with E-state index in [1.807, 2.05) is 28.6 Å². The van der Waals surface area contributed by atoms with Crippen LogP contribution in [0.2, 0.25) is 0 Å². The number of hydrogen-bond acceptors (Lipinski definition) is 6. The van der Waals surface area contributed by atoms with Crippen LogP contribution in [-0.4, -0.2) is 40.5 Å². The van der Waals surface area contributed by atoms with Crippen molar-refractivity contribution in [3.05, 3.63) is 47.5 Å². The zero-order valence-corrected chi connectivity index (χ0v) is 13.7. The maximum atomic E-state index is 11.6. The zero-order valence-electron chi connectivity index (χ0n) is 12.8. The number of nitrogens with one attached hydrogen (secondary N) is 1. The van der Waals surface area contributed by atoms with Gasteiger partial charge in [0.25, 0.3) is 0 Å². The molecule has 1 aliphatic heterocycles. The van der Waals surface area contributed by atoms with Crippen LogP contribution < -0.4 is 10.2 Å². The van der Waals surface area contributed by atoms with Crippen LogP contribution in [0.1, 0.15) is 0 Å². The van der Waals surface area contributed by atoms with E-state index in [4.69, 9.17) is 4.98 Å². The molecule has 3 aromatic heterocycles. The number of amides is 1. The Labute approximate surface area is 143 Å². The molecular weight excluding hydrogens is 322 g/mol. The number of thiophene rings is 1. The highest BCUT2D eigenvalue weighted by Gasteiger charge is 2.20. The average molecular weight is 337 g/mol. The molecule has 1 fully saturated rings. The van der Waals surface area contributed by atoms with Crippen LogP contribution in [0.3, 0.4) is 0 Å². The predicted octanol–water partition coefficient (Wildman–Crippen LogP) is 2.20. The largest absolute Gasteiger partial charge is 0.353 e. The molecule has 0 radical (unpaired) electrons. The molecule has 3 aromatic rings. The Balaban J connectivity index is 1.80. The zero-order chi connectivity index (χ0) is 16.4. The lowest BCUT2D eigenvalue weighted by Crippen LogP contribution is -2.48. The third-order valence-electron chi connectivity index (χ3n) is 3.86. The summed E-state index contributed by atoms with van der Waals surface area (Å²) >= 11 is 1.64. The summed E-state index contributed by atoms with van der Waals surface area (Å²) in [4.78, 5) is 27.0. The highest BCUT2D eigenvalue weighted by Crippen LogP contribution is 2.32. The van der Waals surface area contributed by atoms with Crippen LogP contribution in [0, 0.1) is 0 Å². The molecular formula is C17H15N5OS. The van der Waals surface area contributed by atoms with Crippen molar-refractivity contribution in [3.8, 4) is 22.4 Å². The Morgan fingerprint density at radius 1 is 1.21 bits per heavy atom. The molecule has 120 valence electrons. The third-order valence-corrected chi connectivity index (χ3v) is 4.55. The summed E-state index contributed by atoms with van der Waals surface area (Å²) in [5.41, 5.74) is 3.82. The SMILES string of the molecule is O=C1CN(c2ncc(-c3ccsc3)c(-c3cccnc3)n2)CCN1. The molecule has 1 amide bonds. The van der Waals surface area contributed by atoms with E-state index in [9.17, 15) is 4.79 Å². The van der Waals surface area contributed by atoms with Crippen molar-refractivity contribution in [3.63, 3.8) is 0 Å². The van der Waals surface area contributed by atoms with Crippen molar-refractivity contribution in [1.82, 2.24) is 20.3 Å². The molecule has 0 spiro atoms. The first-order valence-electron chi connectivity index (χ1n) is 7.63. The fraction of sp³-hybridized carbons (Fsp3) is 0.176. The quantitative estimate of drug-likeness (QED) is 0.793. The second-order valence-electron chi connectivity index (χ2n) is 5.46. The molecule has 6 nitrogen and oxygen atoms in total. The summed E-state index contributed by atoms with van der Waals surface area (Å²) in [6, 6.07) is 5.93. The first-order chi connectivity index (χ1) is 11.8. The highest BCUT2D eigenvalue weighted by molar-refractivity contribution is 7.08. The van der Waals surface area contributed by atoms with Gasteiger partial charge >= 0.3 is 0 Å². The number of aromatic nitrogens is 3. The number of carbonyl (C=O) groups is 1. The number of anilines is 1. The Morgan fingerprint density at radius 3 is 2.92 bits per heavy atom. The number of pyridine rings is 1. The number of rotatable bonds is 3. The van der Waals surface area contributed by atoms with Crippen molar-refractivity contribution >= 4 is 23.2 Å². The molecule has 1 aliphatic rings. The second kappa shape index (κ2) is 6.37. The van der Waals surface area contributed by atoms with Crippen LogP contribution in [0.15, 0.2) is 47.5 Å². The summed E-state index contributed by atoms with van der Waals surface area (Å²) in [7, 11) is 0. The fourth-order valence-corrected chi connectivity index (χ4v) is 3.34. The molecule has 4 rings (SSSR count). The van der Waals surface area contributed by atoms with Crippen molar-refractivity contribution in [2.75, 3.05) is 24.5 Å². The van der Waals surface area contributed by atoms with Gasteiger partial charge in [-0.1, -0.05) is 0 Å². The number of hydrogen-bond donors (Lipinski definition) is 1. The monoisotopic (exact) mass is 337 g/mol. The summed E-state index contributed by atoms with van der Waals surface area (Å²) in [5, 5.41) is 6.93. The van der Waals surface area contributed by atoms with Crippen molar-refractivity contribution in [2.45, 2.75) is 0 Å². The smallest absolute Gasteiger partial charge is 0.239 e. The van der Waals surface area contributed by atoms with Gasteiger partial charge in [0.15, 0.2) is 0 Å². The first-order valence-corrected chi connectivity index (χ1v) is 8.57. The Morgan fingerprint density at radius 2 is 2.17 bits per heavy atom. The van der Waals surface area contributed by atoms with Crippen molar-refractivity contribution in [2.24, 2.45) is 0 Å². The molecule has 0 saturated carbocycles. The lowest BCUT2D eigenvalue weighted by atomic mass is 10.0. The van der Waals surface area contributed by atoms with Gasteiger partial charge < -0.3 is 10.2 Å². The molecule has 0 unspecified atom stereocenters. The van der Waals surface area contributed by atoms with Gasteiger partial charge in [-0.15, -0.1) is 0 Å². The molecule has 1 N–H and O–H groups in total. The van der Waals surface area contributed by atoms with E-state index >= 15 is 0 Å². The van der Waals surface area contributed by atoms with Gasteiger partial charge in [-0.25, -0.2) is 9.97 Å². The Hall–Kier alpha value is -2.80. The van der Waals surface area contributed by atoms with Gasteiger partial charge in [0.1, 0.15) is 0 Å². The van der Waals surface area contributed by atoms with E-state index in [-0.39, 0.29) is 12.5 Å². The van der Waals surface area contributed by atoms with Gasteiger partial charge in [-0.3, -0.25) is 9.78 Å². The third kappa shape index (κ3) is 2.85. The topological polar surface area (TPSA) is 71.0 Å². The second-order valence-corrected chi connectivity index (χ2v) is 6.24. The van der Waals surface area contributed by atoms with E-state index in [2.05, 4.69) is 26.7 Å². The van der Waals surface area contributed by atoms with Crippen LogP contribution in [0.5, 0.6) is 0 Å². The van der Waals surface area contributed by atoms with E-state index in [1.165, 1.54) is 0 Å². The van der Waals surface area contributed by atoms with Gasteiger partial charge in [0.05, 0.1) is 12.2 Å². The van der Waals surface area contributed by atoms with Crippen molar-refractivity contribution < 1.29 is 4.79 Å². The minimum absolute atomic E-state index is 0.00492. The lowest BCUT2D eigenvalue weighted by molar-refractivity contribution is -0.120. The summed E-state index contributed by atoms with van der Waals surface area (Å²) in [6.07, 6.45) is 5.37. The fourth-order valence-electron chi connectivity index (χ4n) is 2.69. The molecule has 0 aromatic carbocycles. The van der Waals surface area contributed by atoms with Crippen LogP contribution in [0.4, 0.5) is 5.95 Å². The molecule has 1 saturated heterocycles. The standard InChI is InChI=1S/C17H15N5OS/c23-15-10-22(6-5-19-15)17-20-9-14(13-3-7-24-11-13)16(21-17)12-2-1-4-18-8-12/h1-4,7-9,11H,5-6,10H2,(H,19,23). The Kier molecular flexibility index (Phi) is 3.92. The van der Waals surface area contributed by atoms with Crippen LogP contribution in [0.25, 0.3) is 22.4 Å². The van der Waals surface area contributed by atoms with Gasteiger partial charge in [-0.05, 0) is 34.5 Å². The number of nitrogens with zero attached hydrogens (tertiary/aromatic N) is 4. The molecule has 0 aliphatic carbocycles. The highest BCUT2D eigenvalue weighted by atomic mass is 32.1. The molecule has 7 heteroatoms. The minimum atomic E-state index is -0.00492. The maximum Gasteiger partial charge on any atom is 0.239 e. The lowest BCUT2D eigenvalue weighted by Gasteiger charge is -2.27. The van der Waals surface area contributed by atoms with Gasteiger partial charge in [0, 0.05) is 42.8 Å². The molecule has 0 bridgehead atoms. The molecule has 24 heavy (non-hydrogen) atoms. The van der Waals surface area contributed by atoms with E-state index < -0.39 is 0 Å². The van der Waals surface area contributed by atoms with Crippen LogP contribution >= 0.6 is 11.3 Å². The number of piperazine rings is 1. The van der Waals surface area contributed by atoms with E-state index in [1.54, 1.807) is 23.7 Å². The van der Waals surface area contributed by atoms with Crippen LogP contribution in [-0.2, 0) is 4.79 Å². The summed E-state index contributed by atoms with van der Waals surface area (Å²) < 4.78 is 0. The predicted molar refractivity (Wildman–Crippen MR) is 93.8 cm³/mol. The summed E-state index contributed by atoms with van der Waals surface area (Å²) in [6.45, 7) is 1.59. The maximum absolute atomic E-state index is 11.6. The average Bonchev–Trinajstić information content (AvgIpc) is 3.16. The first kappa shape index (κ1) is 14.8. The van der Waals surface area contributed by atoms with Gasteiger partial charge in [-0.2, -0.15) is 11.3 Å². The van der Waals surface area contributed by atoms with Gasteiger partial charge in [0.2, 0.25) is 11.9 Å².